The SMILES string of the molecule is COC(=O)C1Oc2cc(Br)sc2C1=O. The van der Waals surface area contributed by atoms with E-state index in [1.807, 2.05) is 0 Å². The summed E-state index contributed by atoms with van der Waals surface area (Å²) < 4.78 is 10.4. The molecule has 0 aliphatic carbocycles. The van der Waals surface area contributed by atoms with Crippen LogP contribution in [0.25, 0.3) is 0 Å². The van der Waals surface area contributed by atoms with E-state index >= 15 is 0 Å². The zero-order chi connectivity index (χ0) is 10.3. The summed E-state index contributed by atoms with van der Waals surface area (Å²) >= 11 is 4.48. The second-order valence-electron chi connectivity index (χ2n) is 2.63. The summed E-state index contributed by atoms with van der Waals surface area (Å²) in [4.78, 5) is 23.1. The normalized spacial score (nSPS) is 19.0. The van der Waals surface area contributed by atoms with Gasteiger partial charge in [-0.1, -0.05) is 0 Å². The van der Waals surface area contributed by atoms with Crippen LogP contribution in [0.5, 0.6) is 5.75 Å². The van der Waals surface area contributed by atoms with Crippen molar-refractivity contribution in [2.24, 2.45) is 0 Å². The van der Waals surface area contributed by atoms with Crippen LogP contribution in [-0.2, 0) is 9.53 Å². The van der Waals surface area contributed by atoms with E-state index in [-0.39, 0.29) is 5.78 Å². The number of hydrogen-bond acceptors (Lipinski definition) is 5. The Bertz CT molecular complexity index is 411. The van der Waals surface area contributed by atoms with Crippen molar-refractivity contribution < 1.29 is 19.1 Å². The van der Waals surface area contributed by atoms with Crippen LogP contribution in [0.4, 0.5) is 0 Å². The summed E-state index contributed by atoms with van der Waals surface area (Å²) in [7, 11) is 1.22. The van der Waals surface area contributed by atoms with Crippen molar-refractivity contribution in [2.45, 2.75) is 6.10 Å². The fourth-order valence-electron chi connectivity index (χ4n) is 1.17. The molecule has 1 aliphatic heterocycles. The standard InChI is InChI=1S/C8H5BrO4S/c1-12-8(11)6-5(10)7-3(13-6)2-4(9)14-7/h2,6H,1H3. The topological polar surface area (TPSA) is 52.6 Å². The van der Waals surface area contributed by atoms with Crippen LogP contribution in [0.15, 0.2) is 9.85 Å². The predicted octanol–water partition coefficient (Wildman–Crippen LogP) is 1.63. The minimum Gasteiger partial charge on any atom is -0.469 e. The Morgan fingerprint density at radius 2 is 2.43 bits per heavy atom. The molecule has 1 aliphatic rings. The summed E-state index contributed by atoms with van der Waals surface area (Å²) in [5.41, 5.74) is 0. The molecule has 1 aromatic heterocycles. The molecule has 1 aromatic rings. The van der Waals surface area contributed by atoms with Gasteiger partial charge in [0.15, 0.2) is 0 Å². The van der Waals surface area contributed by atoms with Crippen LogP contribution in [0.3, 0.4) is 0 Å². The summed E-state index contributed by atoms with van der Waals surface area (Å²) in [6.45, 7) is 0. The number of Topliss-reactive ketones (excluding diaryl/α,β-unsaturated/α-hetero) is 1. The maximum Gasteiger partial charge on any atom is 0.355 e. The van der Waals surface area contributed by atoms with Gasteiger partial charge in [0, 0.05) is 6.07 Å². The zero-order valence-electron chi connectivity index (χ0n) is 7.07. The number of hydrogen-bond donors (Lipinski definition) is 0. The number of ketones is 1. The van der Waals surface area contributed by atoms with E-state index in [0.717, 1.165) is 3.79 Å². The van der Waals surface area contributed by atoms with Gasteiger partial charge in [0.2, 0.25) is 5.78 Å². The number of carbonyl (C=O) groups is 2. The maximum absolute atomic E-state index is 11.6. The predicted molar refractivity (Wildman–Crippen MR) is 52.8 cm³/mol. The zero-order valence-corrected chi connectivity index (χ0v) is 9.48. The van der Waals surface area contributed by atoms with Crippen LogP contribution in [-0.4, -0.2) is 25.0 Å². The number of ether oxygens (including phenoxy) is 2. The first-order valence-electron chi connectivity index (χ1n) is 3.71. The third kappa shape index (κ3) is 1.34. The Labute approximate surface area is 91.9 Å². The number of rotatable bonds is 1. The van der Waals surface area contributed by atoms with Crippen molar-refractivity contribution in [3.05, 3.63) is 14.7 Å². The number of methoxy groups -OCH3 is 1. The molecule has 74 valence electrons. The molecule has 0 saturated carbocycles. The van der Waals surface area contributed by atoms with Gasteiger partial charge in [-0.3, -0.25) is 4.79 Å². The summed E-state index contributed by atoms with van der Waals surface area (Å²) in [5.74, 6) is -0.542. The molecule has 2 heterocycles. The molecule has 2 rings (SSSR count). The molecule has 1 atom stereocenters. The minimum atomic E-state index is -1.12. The minimum absolute atomic E-state index is 0.331. The molecule has 14 heavy (non-hydrogen) atoms. The van der Waals surface area contributed by atoms with Crippen molar-refractivity contribution in [2.75, 3.05) is 7.11 Å². The van der Waals surface area contributed by atoms with E-state index in [0.29, 0.717) is 10.6 Å². The largest absolute Gasteiger partial charge is 0.469 e. The number of esters is 1. The van der Waals surface area contributed by atoms with Crippen LogP contribution in [0.2, 0.25) is 0 Å². The van der Waals surface area contributed by atoms with E-state index in [9.17, 15) is 9.59 Å². The lowest BCUT2D eigenvalue weighted by Gasteiger charge is -2.05. The van der Waals surface area contributed by atoms with Crippen LogP contribution in [0.1, 0.15) is 9.67 Å². The van der Waals surface area contributed by atoms with Gasteiger partial charge in [0.25, 0.3) is 6.10 Å². The Morgan fingerprint density at radius 3 is 3.00 bits per heavy atom. The van der Waals surface area contributed by atoms with Crippen LogP contribution < -0.4 is 4.74 Å². The lowest BCUT2D eigenvalue weighted by atomic mass is 10.2. The van der Waals surface area contributed by atoms with Crippen molar-refractivity contribution in [1.29, 1.82) is 0 Å². The van der Waals surface area contributed by atoms with Crippen molar-refractivity contribution in [1.82, 2.24) is 0 Å². The molecule has 0 amide bonds. The second-order valence-corrected chi connectivity index (χ2v) is 5.06. The number of fused-ring (bicyclic) bond motifs is 1. The van der Waals surface area contributed by atoms with E-state index in [1.165, 1.54) is 18.4 Å². The second kappa shape index (κ2) is 3.36. The highest BCUT2D eigenvalue weighted by molar-refractivity contribution is 9.11. The van der Waals surface area contributed by atoms with Gasteiger partial charge in [0.1, 0.15) is 10.6 Å². The average molecular weight is 277 g/mol. The van der Waals surface area contributed by atoms with E-state index in [2.05, 4.69) is 20.7 Å². The van der Waals surface area contributed by atoms with E-state index in [1.54, 1.807) is 6.07 Å². The molecule has 0 spiro atoms. The quantitative estimate of drug-likeness (QED) is 0.578. The third-order valence-electron chi connectivity index (χ3n) is 1.79. The summed E-state index contributed by atoms with van der Waals surface area (Å²) in [6.07, 6.45) is -1.12. The molecule has 0 bridgehead atoms. The Morgan fingerprint density at radius 1 is 1.71 bits per heavy atom. The lowest BCUT2D eigenvalue weighted by molar-refractivity contribution is -0.145. The number of thiophene rings is 1. The van der Waals surface area contributed by atoms with Gasteiger partial charge in [-0.25, -0.2) is 4.79 Å². The highest BCUT2D eigenvalue weighted by Crippen LogP contribution is 2.39. The molecule has 0 N–H and O–H groups in total. The number of carbonyl (C=O) groups excluding carboxylic acids is 2. The van der Waals surface area contributed by atoms with Gasteiger partial charge >= 0.3 is 5.97 Å². The molecule has 0 radical (unpaired) electrons. The fraction of sp³-hybridized carbons (Fsp3) is 0.250. The molecule has 4 nitrogen and oxygen atoms in total. The number of halogens is 1. The van der Waals surface area contributed by atoms with Crippen LogP contribution >= 0.6 is 27.3 Å². The highest BCUT2D eigenvalue weighted by Gasteiger charge is 2.40. The average Bonchev–Trinajstić information content (AvgIpc) is 2.64. The maximum atomic E-state index is 11.6. The van der Waals surface area contributed by atoms with Crippen molar-refractivity contribution in [3.63, 3.8) is 0 Å². The first-order chi connectivity index (χ1) is 6.63. The third-order valence-corrected chi connectivity index (χ3v) is 3.42. The monoisotopic (exact) mass is 276 g/mol. The van der Waals surface area contributed by atoms with E-state index < -0.39 is 12.1 Å². The molecule has 0 fully saturated rings. The van der Waals surface area contributed by atoms with Gasteiger partial charge in [0.05, 0.1) is 10.9 Å². The van der Waals surface area contributed by atoms with E-state index in [4.69, 9.17) is 4.74 Å². The summed E-state index contributed by atoms with van der Waals surface area (Å²) in [6, 6.07) is 1.67. The first kappa shape index (κ1) is 9.67. The lowest BCUT2D eigenvalue weighted by Crippen LogP contribution is -2.31. The van der Waals surface area contributed by atoms with Crippen molar-refractivity contribution in [3.8, 4) is 5.75 Å². The van der Waals surface area contributed by atoms with Gasteiger partial charge in [-0.15, -0.1) is 11.3 Å². The molecular formula is C8H5BrO4S. The van der Waals surface area contributed by atoms with Gasteiger partial charge < -0.3 is 9.47 Å². The Hall–Kier alpha value is -0.880. The van der Waals surface area contributed by atoms with Crippen LogP contribution in [0, 0.1) is 0 Å². The molecule has 0 aromatic carbocycles. The van der Waals surface area contributed by atoms with Gasteiger partial charge in [-0.2, -0.15) is 0 Å². The van der Waals surface area contributed by atoms with Crippen molar-refractivity contribution >= 4 is 39.0 Å². The fourth-order valence-corrected chi connectivity index (χ4v) is 2.64. The molecule has 1 unspecified atom stereocenters. The molecular weight excluding hydrogens is 272 g/mol. The Balaban J connectivity index is 2.31. The highest BCUT2D eigenvalue weighted by atomic mass is 79.9. The molecule has 6 heteroatoms. The smallest absolute Gasteiger partial charge is 0.355 e. The Kier molecular flexibility index (Phi) is 2.32. The van der Waals surface area contributed by atoms with Gasteiger partial charge in [-0.05, 0) is 15.9 Å². The summed E-state index contributed by atoms with van der Waals surface area (Å²) in [5, 5.41) is 0. The molecule has 0 saturated heterocycles. The first-order valence-corrected chi connectivity index (χ1v) is 5.32.